The van der Waals surface area contributed by atoms with Crippen molar-refractivity contribution in [3.05, 3.63) is 29.0 Å². The SMILES string of the molecule is CC[n+]1c2c(C)cc(C)cc2c(C)n1C. The van der Waals surface area contributed by atoms with Crippen LogP contribution in [0, 0.1) is 20.8 Å². The molecule has 0 bridgehead atoms. The third-order valence-corrected chi connectivity index (χ3v) is 3.24. The summed E-state index contributed by atoms with van der Waals surface area (Å²) in [5.41, 5.74) is 5.44. The summed E-state index contributed by atoms with van der Waals surface area (Å²) in [6.45, 7) is 9.76. The van der Waals surface area contributed by atoms with Crippen LogP contribution in [0.5, 0.6) is 0 Å². The van der Waals surface area contributed by atoms with E-state index in [-0.39, 0.29) is 0 Å². The van der Waals surface area contributed by atoms with Gasteiger partial charge in [0.2, 0.25) is 5.52 Å². The Morgan fingerprint density at radius 1 is 1.20 bits per heavy atom. The number of rotatable bonds is 1. The summed E-state index contributed by atoms with van der Waals surface area (Å²) >= 11 is 0. The lowest BCUT2D eigenvalue weighted by Crippen LogP contribution is -2.41. The van der Waals surface area contributed by atoms with E-state index in [0.717, 1.165) is 6.54 Å². The van der Waals surface area contributed by atoms with E-state index in [1.165, 1.54) is 27.7 Å². The monoisotopic (exact) mass is 203 g/mol. The van der Waals surface area contributed by atoms with Crippen molar-refractivity contribution in [3.63, 3.8) is 0 Å². The molecule has 0 atom stereocenters. The summed E-state index contributed by atoms with van der Waals surface area (Å²) in [5.74, 6) is 0. The zero-order valence-corrected chi connectivity index (χ0v) is 10.3. The van der Waals surface area contributed by atoms with Crippen LogP contribution in [0.2, 0.25) is 0 Å². The molecule has 80 valence electrons. The van der Waals surface area contributed by atoms with E-state index in [0.29, 0.717) is 0 Å². The van der Waals surface area contributed by atoms with Gasteiger partial charge in [0.25, 0.3) is 0 Å². The highest BCUT2D eigenvalue weighted by Crippen LogP contribution is 2.21. The van der Waals surface area contributed by atoms with Gasteiger partial charge in [0, 0.05) is 5.56 Å². The quantitative estimate of drug-likeness (QED) is 0.629. The van der Waals surface area contributed by atoms with Crippen molar-refractivity contribution in [2.45, 2.75) is 34.2 Å². The summed E-state index contributed by atoms with van der Waals surface area (Å²) in [6, 6.07) is 4.54. The van der Waals surface area contributed by atoms with E-state index < -0.39 is 0 Å². The Morgan fingerprint density at radius 2 is 1.87 bits per heavy atom. The minimum atomic E-state index is 1.02. The highest BCUT2D eigenvalue weighted by molar-refractivity contribution is 5.82. The molecule has 0 amide bonds. The molecule has 0 aliphatic carbocycles. The summed E-state index contributed by atoms with van der Waals surface area (Å²) in [4.78, 5) is 0. The number of hydrogen-bond acceptors (Lipinski definition) is 0. The van der Waals surface area contributed by atoms with Crippen LogP contribution in [-0.4, -0.2) is 4.68 Å². The lowest BCUT2D eigenvalue weighted by molar-refractivity contribution is -0.748. The molecule has 0 aliphatic heterocycles. The maximum atomic E-state index is 2.33. The normalized spacial score (nSPS) is 11.3. The molecule has 0 spiro atoms. The summed E-state index contributed by atoms with van der Waals surface area (Å²) < 4.78 is 4.58. The average molecular weight is 203 g/mol. The van der Waals surface area contributed by atoms with Gasteiger partial charge in [-0.3, -0.25) is 0 Å². The van der Waals surface area contributed by atoms with E-state index >= 15 is 0 Å². The van der Waals surface area contributed by atoms with E-state index in [2.05, 4.69) is 56.2 Å². The first-order valence-corrected chi connectivity index (χ1v) is 5.52. The number of aromatic nitrogens is 2. The van der Waals surface area contributed by atoms with E-state index in [9.17, 15) is 0 Å². The molecule has 0 saturated heterocycles. The Bertz CT molecular complexity index is 521. The number of benzene rings is 1. The predicted molar refractivity (Wildman–Crippen MR) is 63.0 cm³/mol. The van der Waals surface area contributed by atoms with Gasteiger partial charge >= 0.3 is 0 Å². The molecule has 2 aromatic rings. The number of aryl methyl sites for hydroxylation is 4. The zero-order valence-electron chi connectivity index (χ0n) is 10.3. The highest BCUT2D eigenvalue weighted by atomic mass is 15.4. The molecule has 1 heterocycles. The van der Waals surface area contributed by atoms with Crippen LogP contribution in [0.25, 0.3) is 10.9 Å². The molecule has 0 saturated carbocycles. The molecule has 2 nitrogen and oxygen atoms in total. The molecule has 1 aromatic carbocycles. The maximum absolute atomic E-state index is 2.33. The second kappa shape index (κ2) is 3.37. The van der Waals surface area contributed by atoms with Crippen LogP contribution in [-0.2, 0) is 13.6 Å². The van der Waals surface area contributed by atoms with Crippen molar-refractivity contribution in [2.24, 2.45) is 7.05 Å². The minimum absolute atomic E-state index is 1.02. The van der Waals surface area contributed by atoms with Crippen LogP contribution >= 0.6 is 0 Å². The van der Waals surface area contributed by atoms with Gasteiger partial charge in [-0.2, -0.15) is 4.68 Å². The molecule has 0 N–H and O–H groups in total. The van der Waals surface area contributed by atoms with Crippen LogP contribution in [0.3, 0.4) is 0 Å². The third-order valence-electron chi connectivity index (χ3n) is 3.24. The fourth-order valence-electron chi connectivity index (χ4n) is 2.45. The van der Waals surface area contributed by atoms with Gasteiger partial charge < -0.3 is 0 Å². The van der Waals surface area contributed by atoms with Crippen molar-refractivity contribution in [2.75, 3.05) is 0 Å². The summed E-state index contributed by atoms with van der Waals surface area (Å²) in [7, 11) is 2.13. The van der Waals surface area contributed by atoms with Gasteiger partial charge in [0.1, 0.15) is 0 Å². The van der Waals surface area contributed by atoms with Gasteiger partial charge in [0.15, 0.2) is 6.54 Å². The fourth-order valence-corrected chi connectivity index (χ4v) is 2.45. The molecule has 0 fully saturated rings. The molecule has 0 unspecified atom stereocenters. The predicted octanol–water partition coefficient (Wildman–Crippen LogP) is 2.41. The number of nitrogens with zero attached hydrogens (tertiary/aromatic N) is 2. The standard InChI is InChI=1S/C13H19N2/c1-6-15-13-10(3)7-9(2)8-12(13)11(4)14(15)5/h7-8H,6H2,1-5H3/q+1. The molecular formula is C13H19N2+. The van der Waals surface area contributed by atoms with Crippen LogP contribution in [0.1, 0.15) is 23.7 Å². The maximum Gasteiger partial charge on any atom is 0.241 e. The Hall–Kier alpha value is -1.31. The molecule has 2 heteroatoms. The Labute approximate surface area is 91.1 Å². The smallest absolute Gasteiger partial charge is 0.160 e. The van der Waals surface area contributed by atoms with Crippen LogP contribution < -0.4 is 4.68 Å². The van der Waals surface area contributed by atoms with Gasteiger partial charge in [-0.15, -0.1) is 4.68 Å². The van der Waals surface area contributed by atoms with Crippen molar-refractivity contribution >= 4 is 10.9 Å². The van der Waals surface area contributed by atoms with Gasteiger partial charge in [-0.05, 0) is 45.4 Å². The van der Waals surface area contributed by atoms with Crippen molar-refractivity contribution in [3.8, 4) is 0 Å². The van der Waals surface area contributed by atoms with Gasteiger partial charge in [-0.25, -0.2) is 0 Å². The van der Waals surface area contributed by atoms with E-state index in [1.54, 1.807) is 0 Å². The topological polar surface area (TPSA) is 8.81 Å². The van der Waals surface area contributed by atoms with E-state index in [1.807, 2.05) is 0 Å². The third kappa shape index (κ3) is 1.36. The Morgan fingerprint density at radius 3 is 2.47 bits per heavy atom. The van der Waals surface area contributed by atoms with E-state index in [4.69, 9.17) is 0 Å². The zero-order chi connectivity index (χ0) is 11.2. The second-order valence-electron chi connectivity index (χ2n) is 4.30. The fraction of sp³-hybridized carbons (Fsp3) is 0.462. The van der Waals surface area contributed by atoms with Crippen molar-refractivity contribution in [1.29, 1.82) is 0 Å². The van der Waals surface area contributed by atoms with Gasteiger partial charge in [-0.1, -0.05) is 0 Å². The first-order valence-electron chi connectivity index (χ1n) is 5.52. The minimum Gasteiger partial charge on any atom is -0.160 e. The molecule has 2 rings (SSSR count). The van der Waals surface area contributed by atoms with Crippen LogP contribution in [0.4, 0.5) is 0 Å². The lowest BCUT2D eigenvalue weighted by atomic mass is 10.1. The molecule has 15 heavy (non-hydrogen) atoms. The second-order valence-corrected chi connectivity index (χ2v) is 4.30. The first kappa shape index (κ1) is 10.2. The lowest BCUT2D eigenvalue weighted by Gasteiger charge is -1.97. The Balaban J connectivity index is 2.97. The highest BCUT2D eigenvalue weighted by Gasteiger charge is 2.19. The number of hydrogen-bond donors (Lipinski definition) is 0. The van der Waals surface area contributed by atoms with Crippen molar-refractivity contribution in [1.82, 2.24) is 4.68 Å². The van der Waals surface area contributed by atoms with Gasteiger partial charge in [0.05, 0.1) is 18.1 Å². The summed E-state index contributed by atoms with van der Waals surface area (Å²) in [5, 5.41) is 1.39. The van der Waals surface area contributed by atoms with Crippen molar-refractivity contribution < 1.29 is 4.68 Å². The molecule has 0 aliphatic rings. The molecular weight excluding hydrogens is 184 g/mol. The largest absolute Gasteiger partial charge is 0.241 e. The summed E-state index contributed by atoms with van der Waals surface area (Å²) in [6.07, 6.45) is 0. The molecule has 1 aromatic heterocycles. The number of fused-ring (bicyclic) bond motifs is 1. The Kier molecular flexibility index (Phi) is 2.29. The first-order chi connectivity index (χ1) is 7.06. The van der Waals surface area contributed by atoms with Crippen LogP contribution in [0.15, 0.2) is 12.1 Å². The molecule has 0 radical (unpaired) electrons. The average Bonchev–Trinajstić information content (AvgIpc) is 2.42.